The fourth-order valence-corrected chi connectivity index (χ4v) is 3.80. The number of fused-ring (bicyclic) bond motifs is 1. The third kappa shape index (κ3) is 4.33. The van der Waals surface area contributed by atoms with E-state index in [4.69, 9.17) is 23.2 Å². The van der Waals surface area contributed by atoms with Gasteiger partial charge in [-0.05, 0) is 30.9 Å². The van der Waals surface area contributed by atoms with Crippen molar-refractivity contribution in [2.24, 2.45) is 17.0 Å². The molecule has 142 valence electrons. The third-order valence-electron chi connectivity index (χ3n) is 4.82. The summed E-state index contributed by atoms with van der Waals surface area (Å²) in [5.74, 6) is 0.453. The Morgan fingerprint density at radius 2 is 2.08 bits per heavy atom. The van der Waals surface area contributed by atoms with Crippen molar-refractivity contribution in [3.8, 4) is 0 Å². The van der Waals surface area contributed by atoms with E-state index >= 15 is 0 Å². The molecular weight excluding hydrogens is 373 g/mol. The number of hydrogen-bond acceptors (Lipinski definition) is 4. The van der Waals surface area contributed by atoms with Crippen LogP contribution in [0.4, 0.5) is 5.69 Å². The van der Waals surface area contributed by atoms with Crippen molar-refractivity contribution in [3.05, 3.63) is 41.1 Å². The van der Waals surface area contributed by atoms with Gasteiger partial charge < -0.3 is 15.8 Å². The Morgan fingerprint density at radius 3 is 2.65 bits per heavy atom. The van der Waals surface area contributed by atoms with Crippen LogP contribution >= 0.6 is 23.2 Å². The van der Waals surface area contributed by atoms with Gasteiger partial charge in [0.05, 0.1) is 5.70 Å². The second-order valence-electron chi connectivity index (χ2n) is 6.83. The zero-order chi connectivity index (χ0) is 19.3. The lowest BCUT2D eigenvalue weighted by atomic mass is 9.81. The van der Waals surface area contributed by atoms with E-state index in [0.717, 1.165) is 28.9 Å². The molecule has 3 atom stereocenters. The molecule has 0 saturated carbocycles. The smallest absolute Gasteiger partial charge is 0.207 e. The molecule has 1 aromatic carbocycles. The van der Waals surface area contributed by atoms with Crippen molar-refractivity contribution in [1.29, 1.82) is 0 Å². The molecule has 0 aromatic heterocycles. The lowest BCUT2D eigenvalue weighted by molar-refractivity contribution is -0.110. The van der Waals surface area contributed by atoms with Gasteiger partial charge in [-0.25, -0.2) is 0 Å². The van der Waals surface area contributed by atoms with E-state index in [1.165, 1.54) is 0 Å². The number of para-hydroxylation sites is 1. The summed E-state index contributed by atoms with van der Waals surface area (Å²) >= 11 is 12.3. The maximum atomic E-state index is 11.2. The van der Waals surface area contributed by atoms with Crippen LogP contribution in [0.3, 0.4) is 0 Å². The molecule has 2 rings (SSSR count). The Hall–Kier alpha value is -1.72. The van der Waals surface area contributed by atoms with Gasteiger partial charge in [0.2, 0.25) is 6.41 Å². The van der Waals surface area contributed by atoms with Crippen LogP contribution in [-0.2, 0) is 4.79 Å². The topological polar surface area (TPSA) is 73.7 Å². The van der Waals surface area contributed by atoms with Crippen molar-refractivity contribution in [2.75, 3.05) is 11.2 Å². The van der Waals surface area contributed by atoms with Gasteiger partial charge in [-0.15, -0.1) is 23.2 Å². The zero-order valence-electron chi connectivity index (χ0n) is 15.2. The summed E-state index contributed by atoms with van der Waals surface area (Å²) in [5, 5.41) is 19.1. The Bertz CT molecular complexity index is 704. The quantitative estimate of drug-likeness (QED) is 0.266. The van der Waals surface area contributed by atoms with Gasteiger partial charge >= 0.3 is 0 Å². The molecule has 1 aromatic rings. The number of rotatable bonds is 8. The van der Waals surface area contributed by atoms with Crippen LogP contribution in [0.2, 0.25) is 0 Å². The first-order valence-electron chi connectivity index (χ1n) is 8.63. The summed E-state index contributed by atoms with van der Waals surface area (Å²) in [7, 11) is 0. The number of nitrogens with zero attached hydrogens (tertiary/aromatic N) is 1. The lowest BCUT2D eigenvalue weighted by Crippen LogP contribution is -2.42. The predicted molar refractivity (Wildman–Crippen MR) is 107 cm³/mol. The molecule has 3 N–H and O–H groups in total. The number of oxime groups is 1. The van der Waals surface area contributed by atoms with E-state index in [1.54, 1.807) is 0 Å². The predicted octanol–water partition coefficient (Wildman–Crippen LogP) is 4.19. The number of alkyl halides is 2. The summed E-state index contributed by atoms with van der Waals surface area (Å²) in [6.45, 7) is 6.07. The van der Waals surface area contributed by atoms with E-state index in [1.807, 2.05) is 45.0 Å². The number of carbonyl (C=O) groups excluding carboxylic acids is 1. The van der Waals surface area contributed by atoms with Crippen LogP contribution in [0.25, 0.3) is 0 Å². The molecule has 0 radical (unpaired) electrons. The minimum atomic E-state index is -0.231. The Morgan fingerprint density at radius 1 is 1.38 bits per heavy atom. The minimum absolute atomic E-state index is 0.0602. The van der Waals surface area contributed by atoms with E-state index in [-0.39, 0.29) is 23.3 Å². The van der Waals surface area contributed by atoms with E-state index in [2.05, 4.69) is 15.8 Å². The maximum Gasteiger partial charge on any atom is 0.207 e. The van der Waals surface area contributed by atoms with Crippen LogP contribution in [0.5, 0.6) is 0 Å². The Kier molecular flexibility index (Phi) is 7.35. The van der Waals surface area contributed by atoms with Crippen molar-refractivity contribution < 1.29 is 10.0 Å². The number of allylic oxidation sites excluding steroid dienone is 1. The number of anilines is 1. The van der Waals surface area contributed by atoms with Crippen LogP contribution in [0, 0.1) is 11.8 Å². The second kappa shape index (κ2) is 9.28. The summed E-state index contributed by atoms with van der Waals surface area (Å²) in [5.41, 5.74) is 3.94. The van der Waals surface area contributed by atoms with Gasteiger partial charge in [-0.2, -0.15) is 0 Å². The molecular formula is C19H25Cl2N3O2. The number of hydrogen-bond donors (Lipinski definition) is 3. The molecule has 0 saturated heterocycles. The van der Waals surface area contributed by atoms with Gasteiger partial charge in [0.25, 0.3) is 0 Å². The largest absolute Gasteiger partial charge is 0.410 e. The van der Waals surface area contributed by atoms with Crippen molar-refractivity contribution >= 4 is 41.0 Å². The molecule has 1 amide bonds. The molecule has 1 heterocycles. The first-order valence-corrected chi connectivity index (χ1v) is 9.61. The van der Waals surface area contributed by atoms with Crippen LogP contribution in [0.1, 0.15) is 32.8 Å². The van der Waals surface area contributed by atoms with Crippen molar-refractivity contribution in [1.82, 2.24) is 5.32 Å². The minimum Gasteiger partial charge on any atom is -0.410 e. The van der Waals surface area contributed by atoms with Crippen LogP contribution in [0.15, 0.2) is 40.7 Å². The van der Waals surface area contributed by atoms with Crippen molar-refractivity contribution in [3.63, 3.8) is 0 Å². The normalized spacial score (nSPS) is 20.3. The van der Waals surface area contributed by atoms with E-state index < -0.39 is 0 Å². The molecule has 26 heavy (non-hydrogen) atoms. The highest BCUT2D eigenvalue weighted by Crippen LogP contribution is 2.35. The van der Waals surface area contributed by atoms with Gasteiger partial charge in [0, 0.05) is 34.5 Å². The van der Waals surface area contributed by atoms with Gasteiger partial charge in [0.1, 0.15) is 5.71 Å². The van der Waals surface area contributed by atoms with E-state index in [0.29, 0.717) is 18.0 Å². The number of amides is 1. The van der Waals surface area contributed by atoms with Gasteiger partial charge in [0.15, 0.2) is 0 Å². The maximum absolute atomic E-state index is 11.2. The molecule has 0 aliphatic carbocycles. The number of carbonyl (C=O) groups is 1. The summed E-state index contributed by atoms with van der Waals surface area (Å²) < 4.78 is 0. The number of nitrogens with one attached hydrogen (secondary N) is 2. The highest BCUT2D eigenvalue weighted by atomic mass is 35.5. The van der Waals surface area contributed by atoms with Gasteiger partial charge in [-0.1, -0.05) is 37.2 Å². The molecule has 1 aliphatic heterocycles. The fourth-order valence-electron chi connectivity index (χ4n) is 3.48. The van der Waals surface area contributed by atoms with Crippen molar-refractivity contribution in [2.45, 2.75) is 38.6 Å². The molecule has 1 aliphatic rings. The Balaban J connectivity index is 2.49. The molecule has 0 bridgehead atoms. The molecule has 5 nitrogen and oxygen atoms in total. The van der Waals surface area contributed by atoms with Crippen LogP contribution < -0.4 is 10.6 Å². The van der Waals surface area contributed by atoms with E-state index in [9.17, 15) is 10.0 Å². The summed E-state index contributed by atoms with van der Waals surface area (Å²) in [6, 6.07) is 7.54. The molecule has 0 spiro atoms. The monoisotopic (exact) mass is 397 g/mol. The number of halogens is 2. The second-order valence-corrected chi connectivity index (χ2v) is 7.75. The molecule has 3 unspecified atom stereocenters. The highest BCUT2D eigenvalue weighted by molar-refractivity contribution is 6.28. The van der Waals surface area contributed by atoms with Crippen LogP contribution in [-0.4, -0.2) is 34.6 Å². The first-order chi connectivity index (χ1) is 12.4. The number of benzene rings is 1. The zero-order valence-corrected chi connectivity index (χ0v) is 16.7. The first kappa shape index (κ1) is 20.6. The standard InChI is InChI=1S/C19H25Cl2N3O2/c1-11(2)17(22-10-25)15(8-13(21)9-20)12(3)18-19(24-26)14-6-4-5-7-16(14)23-18/h4-7,10-11,13,15,17,23,26H,8-9H2,1-3H3,(H,22,25)/b18-12+,24-19+. The average molecular weight is 398 g/mol. The summed E-state index contributed by atoms with van der Waals surface area (Å²) in [4.78, 5) is 11.2. The van der Waals surface area contributed by atoms with Gasteiger partial charge in [-0.3, -0.25) is 4.79 Å². The summed E-state index contributed by atoms with van der Waals surface area (Å²) in [6.07, 6.45) is 1.32. The molecule has 0 fully saturated rings. The highest BCUT2D eigenvalue weighted by Gasteiger charge is 2.33. The molecule has 7 heteroatoms. The third-order valence-corrected chi connectivity index (χ3v) is 5.68. The fraction of sp³-hybridized carbons (Fsp3) is 0.474. The lowest BCUT2D eigenvalue weighted by Gasteiger charge is -2.32. The SMILES string of the molecule is C/C(=C1\Nc2ccccc2\C1=N/O)C(CC(Cl)CCl)C(NC=O)C(C)C. The average Bonchev–Trinajstić information content (AvgIpc) is 3.02. The Labute approximate surface area is 164 Å².